The SMILES string of the molecule is CCN(C(=O)COC(=O)c1cccc(NC(=O)c2cccs2)c1)C1CCCCC1. The van der Waals surface area contributed by atoms with E-state index in [0.29, 0.717) is 22.7 Å². The average molecular weight is 415 g/mol. The lowest BCUT2D eigenvalue weighted by Gasteiger charge is -2.33. The fourth-order valence-electron chi connectivity index (χ4n) is 3.65. The summed E-state index contributed by atoms with van der Waals surface area (Å²) in [7, 11) is 0. The number of anilines is 1. The number of rotatable bonds is 7. The molecule has 1 heterocycles. The largest absolute Gasteiger partial charge is 0.452 e. The van der Waals surface area contributed by atoms with Gasteiger partial charge in [-0.3, -0.25) is 9.59 Å². The first kappa shape index (κ1) is 21.0. The van der Waals surface area contributed by atoms with E-state index in [1.165, 1.54) is 17.8 Å². The molecule has 0 radical (unpaired) electrons. The first-order valence-electron chi connectivity index (χ1n) is 10.00. The first-order valence-corrected chi connectivity index (χ1v) is 10.9. The van der Waals surface area contributed by atoms with Crippen LogP contribution in [0.5, 0.6) is 0 Å². The van der Waals surface area contributed by atoms with E-state index in [-0.39, 0.29) is 24.5 Å². The molecule has 1 fully saturated rings. The fourth-order valence-corrected chi connectivity index (χ4v) is 4.27. The Morgan fingerprint density at radius 1 is 1.14 bits per heavy atom. The molecule has 0 atom stereocenters. The quantitative estimate of drug-likeness (QED) is 0.684. The predicted molar refractivity (Wildman–Crippen MR) is 113 cm³/mol. The second-order valence-electron chi connectivity index (χ2n) is 7.06. The summed E-state index contributed by atoms with van der Waals surface area (Å²) in [6.07, 6.45) is 5.52. The van der Waals surface area contributed by atoms with E-state index in [9.17, 15) is 14.4 Å². The van der Waals surface area contributed by atoms with Crippen LogP contribution in [0.1, 0.15) is 59.1 Å². The molecular weight excluding hydrogens is 388 g/mol. The number of carbonyl (C=O) groups excluding carboxylic acids is 3. The summed E-state index contributed by atoms with van der Waals surface area (Å²) >= 11 is 1.34. The highest BCUT2D eigenvalue weighted by molar-refractivity contribution is 7.12. The summed E-state index contributed by atoms with van der Waals surface area (Å²) in [6.45, 7) is 2.30. The molecule has 1 saturated carbocycles. The molecular formula is C22H26N2O4S. The maximum absolute atomic E-state index is 12.5. The lowest BCUT2D eigenvalue weighted by Crippen LogP contribution is -2.43. The van der Waals surface area contributed by atoms with E-state index in [1.807, 2.05) is 17.2 Å². The summed E-state index contributed by atoms with van der Waals surface area (Å²) in [6, 6.07) is 10.3. The average Bonchev–Trinajstić information content (AvgIpc) is 3.29. The summed E-state index contributed by atoms with van der Waals surface area (Å²) in [5.41, 5.74) is 0.795. The van der Waals surface area contributed by atoms with Crippen molar-refractivity contribution in [2.24, 2.45) is 0 Å². The molecule has 0 bridgehead atoms. The molecule has 0 aliphatic heterocycles. The van der Waals surface area contributed by atoms with Crippen molar-refractivity contribution >= 4 is 34.8 Å². The van der Waals surface area contributed by atoms with E-state index in [2.05, 4.69) is 5.32 Å². The number of thiophene rings is 1. The maximum Gasteiger partial charge on any atom is 0.338 e. The molecule has 2 aromatic rings. The Morgan fingerprint density at radius 3 is 2.62 bits per heavy atom. The van der Waals surface area contributed by atoms with Gasteiger partial charge >= 0.3 is 5.97 Å². The molecule has 3 rings (SSSR count). The van der Waals surface area contributed by atoms with Crippen LogP contribution in [-0.2, 0) is 9.53 Å². The summed E-state index contributed by atoms with van der Waals surface area (Å²) < 4.78 is 5.25. The van der Waals surface area contributed by atoms with Crippen molar-refractivity contribution in [3.63, 3.8) is 0 Å². The summed E-state index contributed by atoms with van der Waals surface area (Å²) in [5, 5.41) is 4.59. The zero-order valence-corrected chi connectivity index (χ0v) is 17.4. The number of hydrogen-bond donors (Lipinski definition) is 1. The number of esters is 1. The van der Waals surface area contributed by atoms with Gasteiger partial charge in [-0.2, -0.15) is 0 Å². The molecule has 0 unspecified atom stereocenters. The van der Waals surface area contributed by atoms with E-state index < -0.39 is 5.97 Å². The van der Waals surface area contributed by atoms with Crippen molar-refractivity contribution in [3.8, 4) is 0 Å². The van der Waals surface area contributed by atoms with Crippen molar-refractivity contribution in [2.45, 2.75) is 45.1 Å². The van der Waals surface area contributed by atoms with Gasteiger partial charge in [0.25, 0.3) is 11.8 Å². The Morgan fingerprint density at radius 2 is 1.93 bits per heavy atom. The Hall–Kier alpha value is -2.67. The van der Waals surface area contributed by atoms with Crippen molar-refractivity contribution in [3.05, 3.63) is 52.2 Å². The van der Waals surface area contributed by atoms with Crippen molar-refractivity contribution in [1.82, 2.24) is 4.90 Å². The number of benzene rings is 1. The molecule has 1 aliphatic rings. The number of nitrogens with zero attached hydrogens (tertiary/aromatic N) is 1. The smallest absolute Gasteiger partial charge is 0.338 e. The normalized spacial score (nSPS) is 14.2. The second kappa shape index (κ2) is 10.2. The van der Waals surface area contributed by atoms with Gasteiger partial charge in [0.05, 0.1) is 10.4 Å². The zero-order chi connectivity index (χ0) is 20.6. The molecule has 6 nitrogen and oxygen atoms in total. The van der Waals surface area contributed by atoms with Gasteiger partial charge < -0.3 is 15.0 Å². The van der Waals surface area contributed by atoms with Crippen LogP contribution in [0.2, 0.25) is 0 Å². The molecule has 1 aromatic carbocycles. The highest BCUT2D eigenvalue weighted by Gasteiger charge is 2.25. The Balaban J connectivity index is 1.56. The molecule has 7 heteroatoms. The summed E-state index contributed by atoms with van der Waals surface area (Å²) in [4.78, 5) is 39.5. The molecule has 1 aromatic heterocycles. The van der Waals surface area contributed by atoms with Crippen molar-refractivity contribution < 1.29 is 19.1 Å². The Labute approximate surface area is 174 Å². The van der Waals surface area contributed by atoms with Gasteiger partial charge in [-0.15, -0.1) is 11.3 Å². The number of ether oxygens (including phenoxy) is 1. The minimum Gasteiger partial charge on any atom is -0.452 e. The third kappa shape index (κ3) is 5.67. The van der Waals surface area contributed by atoms with Crippen LogP contribution in [0, 0.1) is 0 Å². The van der Waals surface area contributed by atoms with E-state index >= 15 is 0 Å². The summed E-state index contributed by atoms with van der Waals surface area (Å²) in [5.74, 6) is -0.966. The van der Waals surface area contributed by atoms with Gasteiger partial charge in [0, 0.05) is 18.3 Å². The third-order valence-electron chi connectivity index (χ3n) is 5.10. The van der Waals surface area contributed by atoms with E-state index in [4.69, 9.17) is 4.74 Å². The van der Waals surface area contributed by atoms with Gasteiger partial charge in [0.15, 0.2) is 6.61 Å². The molecule has 2 amide bonds. The highest BCUT2D eigenvalue weighted by atomic mass is 32.1. The van der Waals surface area contributed by atoms with Crippen LogP contribution in [0.25, 0.3) is 0 Å². The van der Waals surface area contributed by atoms with Crippen LogP contribution in [0.3, 0.4) is 0 Å². The topological polar surface area (TPSA) is 75.7 Å². The Kier molecular flexibility index (Phi) is 7.41. The number of hydrogen-bond acceptors (Lipinski definition) is 5. The highest BCUT2D eigenvalue weighted by Crippen LogP contribution is 2.22. The third-order valence-corrected chi connectivity index (χ3v) is 5.97. The van der Waals surface area contributed by atoms with Crippen LogP contribution < -0.4 is 5.32 Å². The molecule has 0 spiro atoms. The van der Waals surface area contributed by atoms with Crippen LogP contribution >= 0.6 is 11.3 Å². The fraction of sp³-hybridized carbons (Fsp3) is 0.409. The number of carbonyl (C=O) groups is 3. The zero-order valence-electron chi connectivity index (χ0n) is 16.6. The minimum absolute atomic E-state index is 0.157. The monoisotopic (exact) mass is 414 g/mol. The molecule has 154 valence electrons. The number of likely N-dealkylation sites (N-methyl/N-ethyl adjacent to an activating group) is 1. The van der Waals surface area contributed by atoms with Crippen molar-refractivity contribution in [2.75, 3.05) is 18.5 Å². The predicted octanol–water partition coefficient (Wildman–Crippen LogP) is 4.34. The van der Waals surface area contributed by atoms with Gasteiger partial charge in [-0.1, -0.05) is 31.4 Å². The van der Waals surface area contributed by atoms with Gasteiger partial charge in [-0.25, -0.2) is 4.79 Å². The molecule has 1 aliphatic carbocycles. The van der Waals surface area contributed by atoms with Gasteiger partial charge in [-0.05, 0) is 49.4 Å². The molecule has 0 saturated heterocycles. The first-order chi connectivity index (χ1) is 14.1. The lowest BCUT2D eigenvalue weighted by molar-refractivity contribution is -0.137. The van der Waals surface area contributed by atoms with Crippen LogP contribution in [0.4, 0.5) is 5.69 Å². The number of nitrogens with one attached hydrogen (secondary N) is 1. The standard InChI is InChI=1S/C22H26N2O4S/c1-2-24(18-10-4-3-5-11-18)20(25)15-28-22(27)16-8-6-9-17(14-16)23-21(26)19-12-7-13-29-19/h6-9,12-14,18H,2-5,10-11,15H2,1H3,(H,23,26). The van der Waals surface area contributed by atoms with E-state index in [0.717, 1.165) is 25.7 Å². The molecule has 29 heavy (non-hydrogen) atoms. The van der Waals surface area contributed by atoms with Gasteiger partial charge in [0.2, 0.25) is 0 Å². The maximum atomic E-state index is 12.5. The van der Waals surface area contributed by atoms with Crippen LogP contribution in [0.15, 0.2) is 41.8 Å². The minimum atomic E-state index is -0.578. The molecule has 1 N–H and O–H groups in total. The second-order valence-corrected chi connectivity index (χ2v) is 8.01. The number of amides is 2. The van der Waals surface area contributed by atoms with Gasteiger partial charge in [0.1, 0.15) is 0 Å². The lowest BCUT2D eigenvalue weighted by atomic mass is 9.94. The van der Waals surface area contributed by atoms with Crippen molar-refractivity contribution in [1.29, 1.82) is 0 Å². The Bertz CT molecular complexity index is 844. The van der Waals surface area contributed by atoms with Crippen LogP contribution in [-0.4, -0.2) is 41.9 Å². The van der Waals surface area contributed by atoms with E-state index in [1.54, 1.807) is 36.4 Å².